The Kier molecular flexibility index (Phi) is 3.99. The Hall–Kier alpha value is 0.177. The van der Waals surface area contributed by atoms with E-state index in [1.807, 2.05) is 0 Å². The molecule has 1 aliphatic rings. The van der Waals surface area contributed by atoms with Crippen molar-refractivity contribution >= 4 is 8.80 Å². The molecule has 0 spiro atoms. The molecule has 0 aromatic heterocycles. The van der Waals surface area contributed by atoms with Gasteiger partial charge < -0.3 is 4.48 Å². The van der Waals surface area contributed by atoms with Gasteiger partial charge in [-0.1, -0.05) is 20.0 Å². The summed E-state index contributed by atoms with van der Waals surface area (Å²) in [5.41, 5.74) is 1.03. The van der Waals surface area contributed by atoms with E-state index >= 15 is 0 Å². The molecule has 0 N–H and O–H groups in total. The van der Waals surface area contributed by atoms with E-state index in [9.17, 15) is 0 Å². The molecule has 13 heavy (non-hydrogen) atoms. The Morgan fingerprint density at radius 2 is 1.69 bits per heavy atom. The second kappa shape index (κ2) is 4.60. The van der Waals surface area contributed by atoms with Gasteiger partial charge in [0.05, 0.1) is 25.8 Å². The molecule has 1 unspecified atom stereocenters. The van der Waals surface area contributed by atoms with E-state index < -0.39 is 8.80 Å². The Balaban J connectivity index is 2.63. The van der Waals surface area contributed by atoms with Gasteiger partial charge in [0.2, 0.25) is 0 Å². The highest BCUT2D eigenvalue weighted by molar-refractivity contribution is 6.57. The van der Waals surface area contributed by atoms with Crippen molar-refractivity contribution in [2.75, 3.05) is 20.1 Å². The quantitative estimate of drug-likeness (QED) is 0.485. The fourth-order valence-electron chi connectivity index (χ4n) is 3.20. The summed E-state index contributed by atoms with van der Waals surface area (Å²) in [6.45, 7) is 10.3. The van der Waals surface area contributed by atoms with Crippen LogP contribution in [-0.4, -0.2) is 39.1 Å². The topological polar surface area (TPSA) is 0 Å². The Labute approximate surface area is 85.3 Å². The molecule has 1 fully saturated rings. The van der Waals surface area contributed by atoms with Gasteiger partial charge in [0, 0.05) is 0 Å². The molecular formula is C11H26NSi+. The smallest absolute Gasteiger partial charge is 0.102 e. The average molecular weight is 200 g/mol. The summed E-state index contributed by atoms with van der Waals surface area (Å²) < 4.78 is 1.40. The maximum absolute atomic E-state index is 2.52. The van der Waals surface area contributed by atoms with Crippen LogP contribution in [0, 0.1) is 0 Å². The zero-order chi connectivity index (χ0) is 9.90. The van der Waals surface area contributed by atoms with Crippen molar-refractivity contribution < 1.29 is 4.48 Å². The van der Waals surface area contributed by atoms with Crippen molar-refractivity contribution in [2.24, 2.45) is 0 Å². The summed E-state index contributed by atoms with van der Waals surface area (Å²) in [4.78, 5) is 0. The molecule has 1 atom stereocenters. The number of quaternary nitrogens is 1. The first kappa shape index (κ1) is 11.3. The van der Waals surface area contributed by atoms with E-state index in [1.165, 1.54) is 43.3 Å². The first-order valence-corrected chi connectivity index (χ1v) is 8.92. The van der Waals surface area contributed by atoms with Crippen LogP contribution in [0.2, 0.25) is 13.1 Å². The van der Waals surface area contributed by atoms with Crippen molar-refractivity contribution in [3.63, 3.8) is 0 Å². The van der Waals surface area contributed by atoms with Crippen molar-refractivity contribution in [1.29, 1.82) is 0 Å². The van der Waals surface area contributed by atoms with Gasteiger partial charge in [-0.3, -0.25) is 0 Å². The van der Waals surface area contributed by atoms with Crippen molar-refractivity contribution in [3.8, 4) is 0 Å². The largest absolute Gasteiger partial charge is 0.327 e. The van der Waals surface area contributed by atoms with E-state index in [0.717, 1.165) is 5.67 Å². The van der Waals surface area contributed by atoms with E-state index in [-0.39, 0.29) is 0 Å². The molecule has 0 amide bonds. The normalized spacial score (nSPS) is 24.7. The maximum atomic E-state index is 2.52. The van der Waals surface area contributed by atoms with Crippen LogP contribution in [0.4, 0.5) is 0 Å². The zero-order valence-electron chi connectivity index (χ0n) is 9.84. The number of rotatable bonds is 3. The van der Waals surface area contributed by atoms with Crippen LogP contribution < -0.4 is 0 Å². The lowest BCUT2D eigenvalue weighted by molar-refractivity contribution is -0.926. The van der Waals surface area contributed by atoms with E-state index in [0.29, 0.717) is 0 Å². The minimum atomic E-state index is -0.454. The molecule has 1 heterocycles. The number of hydrogen-bond acceptors (Lipinski definition) is 0. The van der Waals surface area contributed by atoms with Crippen molar-refractivity contribution in [3.05, 3.63) is 0 Å². The van der Waals surface area contributed by atoms with Crippen LogP contribution >= 0.6 is 0 Å². The third kappa shape index (κ3) is 2.56. The van der Waals surface area contributed by atoms with Crippen LogP contribution in [0.3, 0.4) is 0 Å². The molecule has 1 nitrogen and oxygen atoms in total. The van der Waals surface area contributed by atoms with Gasteiger partial charge in [0.1, 0.15) is 8.80 Å². The number of piperidine rings is 1. The molecular weight excluding hydrogens is 174 g/mol. The monoisotopic (exact) mass is 200 g/mol. The summed E-state index contributed by atoms with van der Waals surface area (Å²) in [6.07, 6.45) is 5.81. The Morgan fingerprint density at radius 1 is 1.15 bits per heavy atom. The van der Waals surface area contributed by atoms with Gasteiger partial charge >= 0.3 is 0 Å². The molecule has 78 valence electrons. The van der Waals surface area contributed by atoms with Crippen LogP contribution in [0.1, 0.15) is 32.6 Å². The van der Waals surface area contributed by atoms with E-state index in [1.54, 1.807) is 0 Å². The fraction of sp³-hybridized carbons (Fsp3) is 1.00. The molecule has 0 bridgehead atoms. The Bertz CT molecular complexity index is 150. The maximum Gasteiger partial charge on any atom is 0.102 e. The average Bonchev–Trinajstić information content (AvgIpc) is 2.05. The van der Waals surface area contributed by atoms with Crippen molar-refractivity contribution in [1.82, 2.24) is 0 Å². The summed E-state index contributed by atoms with van der Waals surface area (Å²) in [5, 5.41) is 0. The van der Waals surface area contributed by atoms with Crippen LogP contribution in [-0.2, 0) is 0 Å². The molecule has 0 saturated carbocycles. The van der Waals surface area contributed by atoms with Gasteiger partial charge in [0.25, 0.3) is 0 Å². The first-order valence-electron chi connectivity index (χ1n) is 5.94. The molecule has 0 aromatic rings. The lowest BCUT2D eigenvalue weighted by Crippen LogP contribution is -2.59. The molecule has 1 aliphatic heterocycles. The molecule has 1 rings (SSSR count). The highest BCUT2D eigenvalue weighted by Gasteiger charge is 2.34. The highest BCUT2D eigenvalue weighted by Crippen LogP contribution is 2.23. The van der Waals surface area contributed by atoms with Gasteiger partial charge in [-0.2, -0.15) is 0 Å². The third-order valence-corrected chi connectivity index (χ3v) is 6.56. The minimum Gasteiger partial charge on any atom is -0.327 e. The van der Waals surface area contributed by atoms with Gasteiger partial charge in [-0.15, -0.1) is 0 Å². The number of hydrogen-bond donors (Lipinski definition) is 0. The van der Waals surface area contributed by atoms with Crippen LogP contribution in [0.5, 0.6) is 0 Å². The second-order valence-electron chi connectivity index (χ2n) is 5.21. The second-order valence-corrected chi connectivity index (χ2v) is 8.46. The van der Waals surface area contributed by atoms with E-state index in [2.05, 4.69) is 27.1 Å². The zero-order valence-corrected chi connectivity index (χ0v) is 11.0. The molecule has 1 saturated heterocycles. The molecule has 0 radical (unpaired) electrons. The lowest BCUT2D eigenvalue weighted by atomic mass is 10.1. The molecule has 2 heteroatoms. The molecule has 0 aromatic carbocycles. The predicted molar refractivity (Wildman–Crippen MR) is 62.7 cm³/mol. The van der Waals surface area contributed by atoms with Gasteiger partial charge in [-0.25, -0.2) is 0 Å². The third-order valence-electron chi connectivity index (χ3n) is 3.83. The first-order chi connectivity index (χ1) is 6.10. The Morgan fingerprint density at radius 3 is 2.08 bits per heavy atom. The predicted octanol–water partition coefficient (Wildman–Crippen LogP) is 2.42. The van der Waals surface area contributed by atoms with Gasteiger partial charge in [0.15, 0.2) is 0 Å². The lowest BCUT2D eigenvalue weighted by Gasteiger charge is -2.45. The van der Waals surface area contributed by atoms with E-state index in [4.69, 9.17) is 0 Å². The fourth-order valence-corrected chi connectivity index (χ4v) is 5.88. The standard InChI is InChI=1S/C11H26NSi/c1-5-11(13(3)4)12(2)9-7-6-8-10-12/h11,13H,5-10H2,1-4H3/q+1. The van der Waals surface area contributed by atoms with Crippen molar-refractivity contribution in [2.45, 2.75) is 51.4 Å². The van der Waals surface area contributed by atoms with Crippen LogP contribution in [0.25, 0.3) is 0 Å². The van der Waals surface area contributed by atoms with Crippen LogP contribution in [0.15, 0.2) is 0 Å². The number of likely N-dealkylation sites (tertiary alicyclic amines) is 1. The minimum absolute atomic E-state index is 0.454. The number of nitrogens with zero attached hydrogens (tertiary/aromatic N) is 1. The van der Waals surface area contributed by atoms with Gasteiger partial charge in [-0.05, 0) is 25.7 Å². The summed E-state index contributed by atoms with van der Waals surface area (Å²) in [6, 6.07) is 0. The summed E-state index contributed by atoms with van der Waals surface area (Å²) >= 11 is 0. The summed E-state index contributed by atoms with van der Waals surface area (Å²) in [7, 11) is 2.05. The molecule has 0 aliphatic carbocycles. The summed E-state index contributed by atoms with van der Waals surface area (Å²) in [5.74, 6) is 0. The SMILES string of the molecule is CCC([SiH](C)C)[N+]1(C)CCCCC1. The highest BCUT2D eigenvalue weighted by atomic mass is 28.3.